The Morgan fingerprint density at radius 1 is 1.23 bits per heavy atom. The van der Waals surface area contributed by atoms with Crippen molar-refractivity contribution in [2.24, 2.45) is 0 Å². The molecule has 26 heavy (non-hydrogen) atoms. The fourth-order valence-electron chi connectivity index (χ4n) is 2.74. The van der Waals surface area contributed by atoms with Gasteiger partial charge >= 0.3 is 0 Å². The summed E-state index contributed by atoms with van der Waals surface area (Å²) in [6, 6.07) is 6.27. The van der Waals surface area contributed by atoms with E-state index in [1.54, 1.807) is 23.1 Å². The molecular weight excluding hydrogens is 364 g/mol. The molecule has 3 rings (SSSR count). The largest absolute Gasteiger partial charge is 0.493 e. The fraction of sp³-hybridized carbons (Fsp3) is 0.400. The number of ether oxygens (including phenoxy) is 1. The Balaban J connectivity index is 1.49. The molecule has 0 saturated heterocycles. The molecule has 0 aliphatic heterocycles. The lowest BCUT2D eigenvalue weighted by Gasteiger charge is -2.09. The molecule has 0 radical (unpaired) electrons. The number of nitrogens with zero attached hydrogens (tertiary/aromatic N) is 1. The summed E-state index contributed by atoms with van der Waals surface area (Å²) in [5.41, 5.74) is 3.40. The van der Waals surface area contributed by atoms with Gasteiger partial charge in [0.05, 0.1) is 17.7 Å². The molecule has 1 N–H and O–H groups in total. The van der Waals surface area contributed by atoms with Crippen LogP contribution in [0, 0.1) is 27.7 Å². The third-order valence-electron chi connectivity index (χ3n) is 4.36. The van der Waals surface area contributed by atoms with Crippen molar-refractivity contribution >= 4 is 33.3 Å². The number of nitrogens with one attached hydrogen (secondary N) is 1. The Hall–Kier alpha value is -1.79. The molecule has 0 amide bonds. The maximum absolute atomic E-state index is 12.3. The number of rotatable bonds is 7. The van der Waals surface area contributed by atoms with Crippen molar-refractivity contribution in [1.82, 2.24) is 9.97 Å². The summed E-state index contributed by atoms with van der Waals surface area (Å²) in [7, 11) is 0. The highest BCUT2D eigenvalue weighted by molar-refractivity contribution is 7.98. The molecule has 3 aromatic rings. The average molecular weight is 389 g/mol. The van der Waals surface area contributed by atoms with E-state index in [1.807, 2.05) is 13.8 Å². The molecule has 0 aliphatic rings. The second kappa shape index (κ2) is 8.27. The van der Waals surface area contributed by atoms with Crippen LogP contribution in [0.4, 0.5) is 0 Å². The van der Waals surface area contributed by atoms with Gasteiger partial charge in [-0.15, -0.1) is 11.3 Å². The van der Waals surface area contributed by atoms with Gasteiger partial charge in [0.1, 0.15) is 16.4 Å². The second-order valence-electron chi connectivity index (χ2n) is 6.50. The van der Waals surface area contributed by atoms with Crippen LogP contribution >= 0.6 is 23.1 Å². The lowest BCUT2D eigenvalue weighted by Crippen LogP contribution is -2.11. The molecular formula is C20H24N2O2S2. The van der Waals surface area contributed by atoms with Gasteiger partial charge in [0, 0.05) is 4.88 Å². The molecule has 0 aliphatic carbocycles. The maximum Gasteiger partial charge on any atom is 0.259 e. The van der Waals surface area contributed by atoms with Crippen LogP contribution in [0.15, 0.2) is 23.0 Å². The molecule has 1 aromatic carbocycles. The van der Waals surface area contributed by atoms with E-state index in [0.29, 0.717) is 12.4 Å². The number of aromatic amines is 1. The molecule has 0 fully saturated rings. The highest BCUT2D eigenvalue weighted by atomic mass is 32.2. The lowest BCUT2D eigenvalue weighted by molar-refractivity contribution is 0.316. The minimum Gasteiger partial charge on any atom is -0.493 e. The summed E-state index contributed by atoms with van der Waals surface area (Å²) in [6.45, 7) is 8.85. The maximum atomic E-state index is 12.3. The van der Waals surface area contributed by atoms with Crippen molar-refractivity contribution in [3.63, 3.8) is 0 Å². The van der Waals surface area contributed by atoms with Crippen LogP contribution in [-0.4, -0.2) is 22.3 Å². The molecule has 2 heterocycles. The number of hydrogen-bond acceptors (Lipinski definition) is 5. The second-order valence-corrected chi connectivity index (χ2v) is 8.81. The van der Waals surface area contributed by atoms with E-state index in [0.717, 1.165) is 44.4 Å². The lowest BCUT2D eigenvalue weighted by atomic mass is 10.1. The number of thioether (sulfide) groups is 1. The van der Waals surface area contributed by atoms with Crippen LogP contribution in [0.2, 0.25) is 0 Å². The van der Waals surface area contributed by atoms with Gasteiger partial charge in [-0.1, -0.05) is 12.1 Å². The Morgan fingerprint density at radius 2 is 2.04 bits per heavy atom. The Labute approximate surface area is 162 Å². The zero-order chi connectivity index (χ0) is 18.7. The van der Waals surface area contributed by atoms with Crippen molar-refractivity contribution in [2.45, 2.75) is 39.9 Å². The van der Waals surface area contributed by atoms with E-state index >= 15 is 0 Å². The van der Waals surface area contributed by atoms with E-state index in [-0.39, 0.29) is 5.56 Å². The summed E-state index contributed by atoms with van der Waals surface area (Å²) >= 11 is 3.36. The minimum absolute atomic E-state index is 0.0225. The third-order valence-corrected chi connectivity index (χ3v) is 6.52. The molecule has 4 nitrogen and oxygen atoms in total. The minimum atomic E-state index is -0.0225. The summed E-state index contributed by atoms with van der Waals surface area (Å²) in [5.74, 6) is 3.40. The summed E-state index contributed by atoms with van der Waals surface area (Å²) in [5, 5.41) is 0.739. The Morgan fingerprint density at radius 3 is 2.85 bits per heavy atom. The number of fused-ring (bicyclic) bond motifs is 1. The monoisotopic (exact) mass is 388 g/mol. The van der Waals surface area contributed by atoms with Crippen LogP contribution in [0.3, 0.4) is 0 Å². The first-order valence-corrected chi connectivity index (χ1v) is 10.7. The quantitative estimate of drug-likeness (QED) is 0.584. The number of aromatic nitrogens is 2. The van der Waals surface area contributed by atoms with Crippen molar-refractivity contribution < 1.29 is 4.74 Å². The van der Waals surface area contributed by atoms with Crippen LogP contribution in [-0.2, 0) is 5.75 Å². The number of thiophene rings is 1. The van der Waals surface area contributed by atoms with Crippen LogP contribution in [0.5, 0.6) is 5.75 Å². The van der Waals surface area contributed by atoms with Crippen LogP contribution in [0.25, 0.3) is 10.2 Å². The van der Waals surface area contributed by atoms with E-state index < -0.39 is 0 Å². The standard InChI is InChI=1S/C20H24N2O2S2/c1-12-6-7-13(2)16(10-12)24-8-5-9-25-11-17-21-19(23)18-14(3)15(4)26-20(18)22-17/h6-7,10H,5,8-9,11H2,1-4H3,(H,21,22,23). The number of hydrogen-bond donors (Lipinski definition) is 1. The first-order chi connectivity index (χ1) is 12.5. The summed E-state index contributed by atoms with van der Waals surface area (Å²) < 4.78 is 5.88. The average Bonchev–Trinajstić information content (AvgIpc) is 2.88. The normalized spacial score (nSPS) is 11.2. The van der Waals surface area contributed by atoms with Gasteiger partial charge in [-0.2, -0.15) is 11.8 Å². The fourth-order valence-corrected chi connectivity index (χ4v) is 4.59. The first kappa shape index (κ1) is 19.0. The molecule has 0 bridgehead atoms. The van der Waals surface area contributed by atoms with E-state index in [9.17, 15) is 4.79 Å². The smallest absolute Gasteiger partial charge is 0.259 e. The van der Waals surface area contributed by atoms with Crippen molar-refractivity contribution in [2.75, 3.05) is 12.4 Å². The molecule has 0 atom stereocenters. The summed E-state index contributed by atoms with van der Waals surface area (Å²) in [6.07, 6.45) is 0.960. The zero-order valence-electron chi connectivity index (χ0n) is 15.6. The van der Waals surface area contributed by atoms with Gasteiger partial charge < -0.3 is 9.72 Å². The molecule has 0 saturated carbocycles. The van der Waals surface area contributed by atoms with E-state index in [4.69, 9.17) is 4.74 Å². The number of benzene rings is 1. The Kier molecular flexibility index (Phi) is 6.04. The van der Waals surface area contributed by atoms with Gasteiger partial charge in [0.25, 0.3) is 5.56 Å². The SMILES string of the molecule is Cc1ccc(C)c(OCCCSCc2nc3sc(C)c(C)c3c(=O)[nH]2)c1. The Bertz CT molecular complexity index is 976. The topological polar surface area (TPSA) is 55.0 Å². The third kappa shape index (κ3) is 4.30. The number of H-pyrrole nitrogens is 1. The molecule has 0 unspecified atom stereocenters. The van der Waals surface area contributed by atoms with Crippen molar-refractivity contribution in [3.8, 4) is 5.75 Å². The van der Waals surface area contributed by atoms with Gasteiger partial charge in [-0.05, 0) is 62.6 Å². The molecule has 2 aromatic heterocycles. The van der Waals surface area contributed by atoms with Crippen LogP contribution < -0.4 is 10.3 Å². The van der Waals surface area contributed by atoms with E-state index in [2.05, 4.69) is 42.0 Å². The van der Waals surface area contributed by atoms with E-state index in [1.165, 1.54) is 11.1 Å². The highest BCUT2D eigenvalue weighted by Crippen LogP contribution is 2.26. The molecule has 0 spiro atoms. The molecule has 6 heteroatoms. The van der Waals surface area contributed by atoms with Crippen LogP contribution in [0.1, 0.15) is 33.8 Å². The first-order valence-electron chi connectivity index (χ1n) is 8.72. The van der Waals surface area contributed by atoms with Gasteiger partial charge in [0.15, 0.2) is 0 Å². The van der Waals surface area contributed by atoms with Crippen molar-refractivity contribution in [1.29, 1.82) is 0 Å². The van der Waals surface area contributed by atoms with Gasteiger partial charge in [-0.3, -0.25) is 4.79 Å². The molecule has 138 valence electrons. The predicted octanol–water partition coefficient (Wildman–Crippen LogP) is 4.92. The zero-order valence-corrected chi connectivity index (χ0v) is 17.3. The summed E-state index contributed by atoms with van der Waals surface area (Å²) in [4.78, 5) is 21.8. The van der Waals surface area contributed by atoms with Gasteiger partial charge in [0.2, 0.25) is 0 Å². The number of aryl methyl sites for hydroxylation is 4. The van der Waals surface area contributed by atoms with Crippen molar-refractivity contribution in [3.05, 3.63) is 55.9 Å². The predicted molar refractivity (Wildman–Crippen MR) is 112 cm³/mol. The van der Waals surface area contributed by atoms with Gasteiger partial charge in [-0.25, -0.2) is 4.98 Å². The highest BCUT2D eigenvalue weighted by Gasteiger charge is 2.11.